The predicted molar refractivity (Wildman–Crippen MR) is 65.5 cm³/mol. The number of allylic oxidation sites excluding steroid dienone is 1. The molecule has 0 saturated heterocycles. The molecule has 0 bridgehead atoms. The molecule has 4 heteroatoms. The highest BCUT2D eigenvalue weighted by atomic mass is 32.1. The van der Waals surface area contributed by atoms with Crippen molar-refractivity contribution in [1.82, 2.24) is 4.98 Å². The summed E-state index contributed by atoms with van der Waals surface area (Å²) < 4.78 is 0. The Morgan fingerprint density at radius 2 is 2.19 bits per heavy atom. The van der Waals surface area contributed by atoms with E-state index in [9.17, 15) is 0 Å². The average Bonchev–Trinajstić information content (AvgIpc) is 2.83. The Kier molecular flexibility index (Phi) is 3.69. The van der Waals surface area contributed by atoms with E-state index >= 15 is 0 Å². The number of benzene rings is 1. The van der Waals surface area contributed by atoms with Gasteiger partial charge in [0, 0.05) is 23.6 Å². The molecule has 2 N–H and O–H groups in total. The second kappa shape index (κ2) is 5.44. The largest absolute Gasteiger partial charge is 0.419 e. The first kappa shape index (κ1) is 10.9. The van der Waals surface area contributed by atoms with Gasteiger partial charge in [0.1, 0.15) is 6.26 Å². The summed E-state index contributed by atoms with van der Waals surface area (Å²) in [6, 6.07) is 10.0. The summed E-state index contributed by atoms with van der Waals surface area (Å²) in [4.78, 5) is 8.87. The monoisotopic (exact) mass is 232 g/mol. The van der Waals surface area contributed by atoms with Gasteiger partial charge in [-0.15, -0.1) is 11.3 Å². The molecule has 82 valence electrons. The predicted octanol–water partition coefficient (Wildman–Crippen LogP) is 2.62. The smallest absolute Gasteiger partial charge is 0.115 e. The van der Waals surface area contributed by atoms with E-state index < -0.39 is 0 Å². The van der Waals surface area contributed by atoms with Crippen LogP contribution in [0.3, 0.4) is 0 Å². The summed E-state index contributed by atoms with van der Waals surface area (Å²) in [6.45, 7) is 0. The lowest BCUT2D eigenvalue weighted by molar-refractivity contribution is 0.262. The SMILES string of the molecule is NOC=C(Cc1nccs1)c1ccccc1. The van der Waals surface area contributed by atoms with Gasteiger partial charge in [-0.25, -0.2) is 4.98 Å². The molecular weight excluding hydrogens is 220 g/mol. The Balaban J connectivity index is 2.22. The average molecular weight is 232 g/mol. The molecule has 2 aromatic rings. The van der Waals surface area contributed by atoms with Crippen LogP contribution in [0.5, 0.6) is 0 Å². The fourth-order valence-electron chi connectivity index (χ4n) is 1.45. The van der Waals surface area contributed by atoms with Crippen LogP contribution in [-0.4, -0.2) is 4.98 Å². The fraction of sp³-hybridized carbons (Fsp3) is 0.0833. The van der Waals surface area contributed by atoms with Crippen molar-refractivity contribution in [2.45, 2.75) is 6.42 Å². The first-order valence-corrected chi connectivity index (χ1v) is 5.76. The third kappa shape index (κ3) is 2.68. The standard InChI is InChI=1S/C12H12N2OS/c13-15-9-11(8-12-14-6-7-16-12)10-4-2-1-3-5-10/h1-7,9H,8,13H2. The minimum Gasteiger partial charge on any atom is -0.419 e. The van der Waals surface area contributed by atoms with Crippen LogP contribution in [0.15, 0.2) is 48.2 Å². The van der Waals surface area contributed by atoms with Crippen LogP contribution in [0.1, 0.15) is 10.6 Å². The van der Waals surface area contributed by atoms with Gasteiger partial charge in [0.05, 0.1) is 5.01 Å². The molecule has 1 aromatic carbocycles. The Bertz CT molecular complexity index is 451. The minimum absolute atomic E-state index is 0.735. The second-order valence-corrected chi connectivity index (χ2v) is 4.23. The van der Waals surface area contributed by atoms with Gasteiger partial charge in [0.15, 0.2) is 0 Å². The topological polar surface area (TPSA) is 48.1 Å². The summed E-state index contributed by atoms with van der Waals surface area (Å²) in [5.41, 5.74) is 2.13. The Labute approximate surface area is 98.2 Å². The van der Waals surface area contributed by atoms with Crippen molar-refractivity contribution in [2.24, 2.45) is 5.90 Å². The van der Waals surface area contributed by atoms with E-state index in [2.05, 4.69) is 9.82 Å². The molecule has 1 aromatic heterocycles. The number of hydrogen-bond acceptors (Lipinski definition) is 4. The molecule has 0 aliphatic carbocycles. The fourth-order valence-corrected chi connectivity index (χ4v) is 2.09. The van der Waals surface area contributed by atoms with Crippen molar-refractivity contribution in [3.05, 3.63) is 58.7 Å². The quantitative estimate of drug-likeness (QED) is 0.651. The maximum absolute atomic E-state index is 5.10. The molecule has 0 aliphatic heterocycles. The van der Waals surface area contributed by atoms with Crippen LogP contribution in [0, 0.1) is 0 Å². The molecule has 0 unspecified atom stereocenters. The van der Waals surface area contributed by atoms with E-state index in [1.165, 1.54) is 0 Å². The number of thiazole rings is 1. The van der Waals surface area contributed by atoms with Crippen molar-refractivity contribution < 1.29 is 4.84 Å². The first-order valence-electron chi connectivity index (χ1n) is 4.88. The van der Waals surface area contributed by atoms with E-state index in [-0.39, 0.29) is 0 Å². The van der Waals surface area contributed by atoms with Crippen LogP contribution in [0.4, 0.5) is 0 Å². The molecule has 0 spiro atoms. The molecule has 0 saturated carbocycles. The molecule has 0 radical (unpaired) electrons. The maximum Gasteiger partial charge on any atom is 0.115 e. The number of aromatic nitrogens is 1. The number of hydrogen-bond donors (Lipinski definition) is 1. The Hall–Kier alpha value is -1.65. The zero-order valence-electron chi connectivity index (χ0n) is 8.67. The van der Waals surface area contributed by atoms with Crippen LogP contribution >= 0.6 is 11.3 Å². The van der Waals surface area contributed by atoms with Crippen LogP contribution in [-0.2, 0) is 11.3 Å². The van der Waals surface area contributed by atoms with Crippen molar-refractivity contribution in [1.29, 1.82) is 0 Å². The van der Waals surface area contributed by atoms with E-state index in [1.54, 1.807) is 23.8 Å². The third-order valence-electron chi connectivity index (χ3n) is 2.18. The molecule has 0 fully saturated rings. The number of nitrogens with zero attached hydrogens (tertiary/aromatic N) is 1. The van der Waals surface area contributed by atoms with Crippen molar-refractivity contribution in [3.63, 3.8) is 0 Å². The second-order valence-electron chi connectivity index (χ2n) is 3.25. The first-order chi connectivity index (χ1) is 7.90. The van der Waals surface area contributed by atoms with Gasteiger partial charge < -0.3 is 4.84 Å². The number of nitrogens with two attached hydrogens (primary N) is 1. The van der Waals surface area contributed by atoms with Gasteiger partial charge in [0.2, 0.25) is 0 Å². The normalized spacial score (nSPS) is 11.4. The summed E-state index contributed by atoms with van der Waals surface area (Å²) in [5, 5.41) is 3.01. The van der Waals surface area contributed by atoms with E-state index in [0.717, 1.165) is 22.6 Å². The summed E-state index contributed by atoms with van der Waals surface area (Å²) >= 11 is 1.62. The van der Waals surface area contributed by atoms with Crippen molar-refractivity contribution >= 4 is 16.9 Å². The van der Waals surface area contributed by atoms with Crippen LogP contribution < -0.4 is 5.90 Å². The van der Waals surface area contributed by atoms with E-state index in [0.29, 0.717) is 0 Å². The minimum atomic E-state index is 0.735. The maximum atomic E-state index is 5.10. The molecule has 1 heterocycles. The highest BCUT2D eigenvalue weighted by Crippen LogP contribution is 2.20. The number of rotatable bonds is 4. The van der Waals surface area contributed by atoms with Crippen LogP contribution in [0.2, 0.25) is 0 Å². The van der Waals surface area contributed by atoms with Gasteiger partial charge in [-0.2, -0.15) is 5.90 Å². The lowest BCUT2D eigenvalue weighted by Crippen LogP contribution is -1.95. The molecule has 0 aliphatic rings. The highest BCUT2D eigenvalue weighted by molar-refractivity contribution is 7.09. The lowest BCUT2D eigenvalue weighted by atomic mass is 10.0. The molecule has 0 amide bonds. The molecular formula is C12H12N2OS. The lowest BCUT2D eigenvalue weighted by Gasteiger charge is -2.04. The third-order valence-corrected chi connectivity index (χ3v) is 2.96. The van der Waals surface area contributed by atoms with Crippen molar-refractivity contribution in [3.8, 4) is 0 Å². The summed E-state index contributed by atoms with van der Waals surface area (Å²) in [7, 11) is 0. The molecule has 0 atom stereocenters. The Morgan fingerprint density at radius 1 is 1.38 bits per heavy atom. The zero-order chi connectivity index (χ0) is 11.2. The van der Waals surface area contributed by atoms with E-state index in [1.807, 2.05) is 35.7 Å². The molecule has 3 nitrogen and oxygen atoms in total. The van der Waals surface area contributed by atoms with Gasteiger partial charge in [0.25, 0.3) is 0 Å². The molecule has 2 rings (SSSR count). The highest BCUT2D eigenvalue weighted by Gasteiger charge is 2.05. The summed E-state index contributed by atoms with van der Waals surface area (Å²) in [6.07, 6.45) is 4.10. The summed E-state index contributed by atoms with van der Waals surface area (Å²) in [5.74, 6) is 5.10. The Morgan fingerprint density at radius 3 is 2.81 bits per heavy atom. The van der Waals surface area contributed by atoms with Gasteiger partial charge in [-0.3, -0.25) is 0 Å². The van der Waals surface area contributed by atoms with Gasteiger partial charge in [-0.1, -0.05) is 30.3 Å². The molecule has 16 heavy (non-hydrogen) atoms. The van der Waals surface area contributed by atoms with Gasteiger partial charge >= 0.3 is 0 Å². The van der Waals surface area contributed by atoms with Crippen LogP contribution in [0.25, 0.3) is 5.57 Å². The zero-order valence-corrected chi connectivity index (χ0v) is 9.48. The van der Waals surface area contributed by atoms with E-state index in [4.69, 9.17) is 5.90 Å². The van der Waals surface area contributed by atoms with Gasteiger partial charge in [-0.05, 0) is 5.56 Å². The van der Waals surface area contributed by atoms with Crippen molar-refractivity contribution in [2.75, 3.05) is 0 Å².